The van der Waals surface area contributed by atoms with Crippen LogP contribution in [0.5, 0.6) is 0 Å². The predicted octanol–water partition coefficient (Wildman–Crippen LogP) is -1.68. The Balaban J connectivity index is 2.92. The number of amides is 1. The molecule has 0 aromatic rings. The van der Waals surface area contributed by atoms with Gasteiger partial charge in [-0.15, -0.1) is 0 Å². The maximum absolute atomic E-state index is 10.1. The highest BCUT2D eigenvalue weighted by Crippen LogP contribution is 1.73. The number of carbonyl (C=O) groups is 2. The van der Waals surface area contributed by atoms with Gasteiger partial charge in [0.2, 0.25) is 6.41 Å². The molecule has 7 heteroatoms. The third kappa shape index (κ3) is 12.8. The van der Waals surface area contributed by atoms with Crippen LogP contribution in [0.2, 0.25) is 0 Å². The first-order valence-electron chi connectivity index (χ1n) is 4.65. The number of hydrogen-bond acceptors (Lipinski definition) is 5. The molecule has 0 saturated carbocycles. The van der Waals surface area contributed by atoms with Gasteiger partial charge in [0.1, 0.15) is 6.73 Å². The van der Waals surface area contributed by atoms with Crippen LogP contribution < -0.4 is 16.0 Å². The van der Waals surface area contributed by atoms with E-state index in [-0.39, 0.29) is 13.2 Å². The Bertz CT molecular complexity index is 177. The van der Waals surface area contributed by atoms with E-state index in [1.807, 2.05) is 0 Å². The molecule has 4 N–H and O–H groups in total. The summed E-state index contributed by atoms with van der Waals surface area (Å²) in [5.41, 5.74) is 0. The van der Waals surface area contributed by atoms with Gasteiger partial charge in [-0.2, -0.15) is 0 Å². The van der Waals surface area contributed by atoms with Crippen molar-refractivity contribution in [3.05, 3.63) is 0 Å². The van der Waals surface area contributed by atoms with E-state index in [9.17, 15) is 9.59 Å². The Morgan fingerprint density at radius 1 is 1.33 bits per heavy atom. The van der Waals surface area contributed by atoms with Gasteiger partial charge in [0, 0.05) is 19.8 Å². The van der Waals surface area contributed by atoms with Gasteiger partial charge in [-0.25, -0.2) is 0 Å². The SMILES string of the molecule is O=CNCOCCNCNCCC(=O)O. The maximum Gasteiger partial charge on any atom is 0.304 e. The molecule has 0 fully saturated rings. The zero-order valence-corrected chi connectivity index (χ0v) is 8.49. The average Bonchev–Trinajstić information content (AvgIpc) is 2.20. The molecule has 0 atom stereocenters. The van der Waals surface area contributed by atoms with Crippen molar-refractivity contribution >= 4 is 12.4 Å². The summed E-state index contributed by atoms with van der Waals surface area (Å²) in [7, 11) is 0. The molecule has 0 unspecified atom stereocenters. The van der Waals surface area contributed by atoms with Crippen LogP contribution in [0.3, 0.4) is 0 Å². The van der Waals surface area contributed by atoms with Gasteiger partial charge in [0.05, 0.1) is 13.0 Å². The Kier molecular flexibility index (Phi) is 10.0. The van der Waals surface area contributed by atoms with E-state index in [0.29, 0.717) is 32.8 Å². The van der Waals surface area contributed by atoms with Crippen molar-refractivity contribution in [1.29, 1.82) is 0 Å². The lowest BCUT2D eigenvalue weighted by atomic mass is 10.4. The molecule has 1 amide bonds. The number of nitrogens with one attached hydrogen (secondary N) is 3. The van der Waals surface area contributed by atoms with E-state index in [4.69, 9.17) is 9.84 Å². The molecule has 0 heterocycles. The maximum atomic E-state index is 10.1. The van der Waals surface area contributed by atoms with E-state index in [1.165, 1.54) is 0 Å². The van der Waals surface area contributed by atoms with Gasteiger partial charge in [-0.1, -0.05) is 0 Å². The summed E-state index contributed by atoms with van der Waals surface area (Å²) < 4.78 is 4.99. The highest BCUT2D eigenvalue weighted by Gasteiger charge is 1.94. The third-order valence-electron chi connectivity index (χ3n) is 1.46. The standard InChI is InChI=1S/C8H17N3O4/c12-6-11-7-15-4-3-10-5-9-2-1-8(13)14/h6,9-10H,1-5,7H2,(H,11,12)(H,13,14). The van der Waals surface area contributed by atoms with Crippen LogP contribution in [0, 0.1) is 0 Å². The van der Waals surface area contributed by atoms with Crippen LogP contribution in [0.1, 0.15) is 6.42 Å². The first kappa shape index (κ1) is 13.8. The summed E-state index contributed by atoms with van der Waals surface area (Å²) in [5, 5.41) is 16.6. The summed E-state index contributed by atoms with van der Waals surface area (Å²) in [5.74, 6) is -0.814. The quantitative estimate of drug-likeness (QED) is 0.188. The Morgan fingerprint density at radius 2 is 2.07 bits per heavy atom. The smallest absolute Gasteiger partial charge is 0.304 e. The van der Waals surface area contributed by atoms with Gasteiger partial charge >= 0.3 is 5.97 Å². The van der Waals surface area contributed by atoms with Crippen molar-refractivity contribution in [3.63, 3.8) is 0 Å². The second kappa shape index (κ2) is 10.9. The van der Waals surface area contributed by atoms with Gasteiger partial charge in [-0.05, 0) is 0 Å². The number of ether oxygens (including phenoxy) is 1. The number of hydrogen-bond donors (Lipinski definition) is 4. The minimum Gasteiger partial charge on any atom is -0.481 e. The van der Waals surface area contributed by atoms with Crippen LogP contribution in [-0.4, -0.2) is 50.6 Å². The Labute approximate surface area is 88.2 Å². The van der Waals surface area contributed by atoms with E-state index in [0.717, 1.165) is 0 Å². The van der Waals surface area contributed by atoms with Gasteiger partial charge in [0.25, 0.3) is 0 Å². The van der Waals surface area contributed by atoms with Crippen molar-refractivity contribution in [2.24, 2.45) is 0 Å². The van der Waals surface area contributed by atoms with Gasteiger partial charge in [-0.3, -0.25) is 9.59 Å². The van der Waals surface area contributed by atoms with Crippen molar-refractivity contribution in [2.75, 3.05) is 33.1 Å². The van der Waals surface area contributed by atoms with Crippen LogP contribution in [0.4, 0.5) is 0 Å². The molecule has 0 aliphatic rings. The third-order valence-corrected chi connectivity index (χ3v) is 1.46. The average molecular weight is 219 g/mol. The lowest BCUT2D eigenvalue weighted by molar-refractivity contribution is -0.136. The largest absolute Gasteiger partial charge is 0.481 e. The molecule has 0 radical (unpaired) electrons. The second-order valence-corrected chi connectivity index (χ2v) is 2.70. The minimum atomic E-state index is -0.814. The topological polar surface area (TPSA) is 99.7 Å². The molecule has 15 heavy (non-hydrogen) atoms. The molecule has 0 aromatic carbocycles. The molecule has 7 nitrogen and oxygen atoms in total. The van der Waals surface area contributed by atoms with Crippen molar-refractivity contribution in [1.82, 2.24) is 16.0 Å². The normalized spacial score (nSPS) is 9.87. The van der Waals surface area contributed by atoms with Crippen molar-refractivity contribution < 1.29 is 19.4 Å². The van der Waals surface area contributed by atoms with Crippen molar-refractivity contribution in [3.8, 4) is 0 Å². The van der Waals surface area contributed by atoms with Crippen LogP contribution in [0.15, 0.2) is 0 Å². The lowest BCUT2D eigenvalue weighted by Crippen LogP contribution is -2.33. The molecule has 0 spiro atoms. The fraction of sp³-hybridized carbons (Fsp3) is 0.750. The number of rotatable bonds is 11. The molecule has 0 aromatic heterocycles. The fourth-order valence-corrected chi connectivity index (χ4v) is 0.770. The predicted molar refractivity (Wildman–Crippen MR) is 53.1 cm³/mol. The highest BCUT2D eigenvalue weighted by atomic mass is 16.5. The molecule has 0 rings (SSSR count). The lowest BCUT2D eigenvalue weighted by Gasteiger charge is -2.06. The summed E-state index contributed by atoms with van der Waals surface area (Å²) >= 11 is 0. The highest BCUT2D eigenvalue weighted by molar-refractivity contribution is 5.66. The molecule has 0 saturated heterocycles. The molecular formula is C8H17N3O4. The minimum absolute atomic E-state index is 0.113. The number of carboxylic acid groups (broad SMARTS) is 1. The molecule has 0 aliphatic heterocycles. The zero-order chi connectivity index (χ0) is 11.4. The van der Waals surface area contributed by atoms with Crippen LogP contribution in [0.25, 0.3) is 0 Å². The summed E-state index contributed by atoms with van der Waals surface area (Å²) in [6.07, 6.45) is 0.683. The van der Waals surface area contributed by atoms with E-state index >= 15 is 0 Å². The number of carbonyl (C=O) groups excluding carboxylic acids is 1. The summed E-state index contributed by atoms with van der Waals surface area (Å²) in [6, 6.07) is 0. The molecule has 0 bridgehead atoms. The number of carboxylic acids is 1. The van der Waals surface area contributed by atoms with Gasteiger partial charge < -0.3 is 25.8 Å². The zero-order valence-electron chi connectivity index (χ0n) is 8.49. The van der Waals surface area contributed by atoms with Crippen molar-refractivity contribution in [2.45, 2.75) is 6.42 Å². The van der Waals surface area contributed by atoms with Gasteiger partial charge in [0.15, 0.2) is 0 Å². The second-order valence-electron chi connectivity index (χ2n) is 2.70. The first-order valence-corrected chi connectivity index (χ1v) is 4.65. The van der Waals surface area contributed by atoms with E-state index < -0.39 is 5.97 Å². The van der Waals surface area contributed by atoms with Crippen LogP contribution >= 0.6 is 0 Å². The van der Waals surface area contributed by atoms with E-state index in [2.05, 4.69) is 16.0 Å². The Hall–Kier alpha value is -1.18. The van der Waals surface area contributed by atoms with Crippen LogP contribution in [-0.2, 0) is 14.3 Å². The van der Waals surface area contributed by atoms with E-state index in [1.54, 1.807) is 0 Å². The summed E-state index contributed by atoms with van der Waals surface area (Å²) in [6.45, 7) is 2.31. The number of aliphatic carboxylic acids is 1. The molecular weight excluding hydrogens is 202 g/mol. The fourth-order valence-electron chi connectivity index (χ4n) is 0.770. The Morgan fingerprint density at radius 3 is 2.73 bits per heavy atom. The summed E-state index contributed by atoms with van der Waals surface area (Å²) in [4.78, 5) is 19.9. The molecule has 0 aliphatic carbocycles. The monoisotopic (exact) mass is 219 g/mol. The molecule has 88 valence electrons. The first-order chi connectivity index (χ1) is 7.27.